The van der Waals surface area contributed by atoms with Crippen molar-refractivity contribution in [3.63, 3.8) is 0 Å². The zero-order chi connectivity index (χ0) is 13.2. The van der Waals surface area contributed by atoms with Crippen LogP contribution in [-0.2, 0) is 11.3 Å². The number of hydrogen-bond donors (Lipinski definition) is 3. The Morgan fingerprint density at radius 3 is 2.78 bits per heavy atom. The number of pyridine rings is 1. The molecule has 1 aliphatic carbocycles. The fraction of sp³-hybridized carbons (Fsp3) is 0.417. The molecule has 0 aromatic carbocycles. The van der Waals surface area contributed by atoms with Gasteiger partial charge < -0.3 is 16.2 Å². The maximum Gasteiger partial charge on any atom is 0.335 e. The summed E-state index contributed by atoms with van der Waals surface area (Å²) < 4.78 is 0. The van der Waals surface area contributed by atoms with Gasteiger partial charge in [-0.1, -0.05) is 0 Å². The van der Waals surface area contributed by atoms with E-state index in [4.69, 9.17) is 10.8 Å². The Hall–Kier alpha value is -1.95. The van der Waals surface area contributed by atoms with E-state index in [1.807, 2.05) is 0 Å². The van der Waals surface area contributed by atoms with Crippen LogP contribution in [0.25, 0.3) is 0 Å². The predicted molar refractivity (Wildman–Crippen MR) is 63.8 cm³/mol. The van der Waals surface area contributed by atoms with Gasteiger partial charge >= 0.3 is 5.97 Å². The highest BCUT2D eigenvalue weighted by atomic mass is 16.4. The van der Waals surface area contributed by atoms with Crippen LogP contribution < -0.4 is 11.1 Å². The second kappa shape index (κ2) is 4.73. The second-order valence-corrected chi connectivity index (χ2v) is 4.53. The van der Waals surface area contributed by atoms with Crippen LogP contribution in [0.4, 0.5) is 0 Å². The number of hydrogen-bond acceptors (Lipinski definition) is 4. The Balaban J connectivity index is 1.96. The fourth-order valence-electron chi connectivity index (χ4n) is 1.84. The van der Waals surface area contributed by atoms with Gasteiger partial charge in [-0.3, -0.25) is 9.78 Å². The normalized spacial score (nSPS) is 16.7. The molecular formula is C12H15N3O3. The quantitative estimate of drug-likeness (QED) is 0.710. The number of nitrogens with one attached hydrogen (secondary N) is 1. The number of carbonyl (C=O) groups excluding carboxylic acids is 1. The van der Waals surface area contributed by atoms with Crippen molar-refractivity contribution in [1.29, 1.82) is 0 Å². The van der Waals surface area contributed by atoms with Gasteiger partial charge in [-0.05, 0) is 31.4 Å². The van der Waals surface area contributed by atoms with Crippen LogP contribution in [0.5, 0.6) is 0 Å². The van der Waals surface area contributed by atoms with E-state index in [0.29, 0.717) is 18.5 Å². The molecule has 0 spiro atoms. The summed E-state index contributed by atoms with van der Waals surface area (Å²) in [6, 6.07) is 2.84. The van der Waals surface area contributed by atoms with Gasteiger partial charge in [-0.2, -0.15) is 0 Å². The molecule has 1 aromatic heterocycles. The number of aromatic carboxylic acids is 1. The van der Waals surface area contributed by atoms with E-state index in [9.17, 15) is 9.59 Å². The molecule has 0 atom stereocenters. The molecule has 0 unspecified atom stereocenters. The molecule has 1 aliphatic rings. The Morgan fingerprint density at radius 2 is 2.22 bits per heavy atom. The van der Waals surface area contributed by atoms with Crippen LogP contribution in [-0.4, -0.2) is 27.5 Å². The van der Waals surface area contributed by atoms with Gasteiger partial charge in [-0.25, -0.2) is 4.79 Å². The van der Waals surface area contributed by atoms with Crippen molar-refractivity contribution in [1.82, 2.24) is 10.3 Å². The van der Waals surface area contributed by atoms with Crippen LogP contribution in [0.2, 0.25) is 0 Å². The molecular weight excluding hydrogens is 234 g/mol. The number of nitrogens with zero attached hydrogens (tertiary/aromatic N) is 1. The molecule has 18 heavy (non-hydrogen) atoms. The lowest BCUT2D eigenvalue weighted by atomic mass is 9.77. The molecule has 6 heteroatoms. The van der Waals surface area contributed by atoms with E-state index in [2.05, 4.69) is 10.3 Å². The summed E-state index contributed by atoms with van der Waals surface area (Å²) in [5.41, 5.74) is 5.78. The summed E-state index contributed by atoms with van der Waals surface area (Å²) in [6.07, 6.45) is 3.77. The molecule has 1 saturated carbocycles. The van der Waals surface area contributed by atoms with Gasteiger partial charge in [-0.15, -0.1) is 0 Å². The van der Waals surface area contributed by atoms with E-state index in [1.165, 1.54) is 18.3 Å². The number of carboxylic acid groups (broad SMARTS) is 1. The first kappa shape index (κ1) is 12.5. The first-order valence-electron chi connectivity index (χ1n) is 5.77. The third-order valence-corrected chi connectivity index (χ3v) is 3.19. The second-order valence-electron chi connectivity index (χ2n) is 4.53. The number of aromatic nitrogens is 1. The highest BCUT2D eigenvalue weighted by Crippen LogP contribution is 2.29. The Morgan fingerprint density at radius 1 is 1.50 bits per heavy atom. The average Bonchev–Trinajstić information content (AvgIpc) is 2.33. The predicted octanol–water partition coefficient (Wildman–Crippen LogP) is 0.277. The van der Waals surface area contributed by atoms with Gasteiger partial charge in [0, 0.05) is 6.20 Å². The van der Waals surface area contributed by atoms with Crippen LogP contribution in [0.1, 0.15) is 35.3 Å². The maximum atomic E-state index is 11.8. The number of nitrogens with two attached hydrogens (primary N) is 1. The summed E-state index contributed by atoms with van der Waals surface area (Å²) in [6.45, 7) is 0.193. The molecule has 0 aliphatic heterocycles. The monoisotopic (exact) mass is 249 g/mol. The third kappa shape index (κ3) is 2.48. The van der Waals surface area contributed by atoms with Crippen LogP contribution in [0, 0.1) is 0 Å². The van der Waals surface area contributed by atoms with Crippen LogP contribution >= 0.6 is 0 Å². The van der Waals surface area contributed by atoms with Crippen LogP contribution in [0.3, 0.4) is 0 Å². The highest BCUT2D eigenvalue weighted by molar-refractivity contribution is 5.88. The smallest absolute Gasteiger partial charge is 0.335 e. The fourth-order valence-corrected chi connectivity index (χ4v) is 1.84. The summed E-state index contributed by atoms with van der Waals surface area (Å²) >= 11 is 0. The van der Waals surface area contributed by atoms with Gasteiger partial charge in [0.05, 0.1) is 23.3 Å². The van der Waals surface area contributed by atoms with Crippen molar-refractivity contribution in [3.05, 3.63) is 29.6 Å². The lowest BCUT2D eigenvalue weighted by Crippen LogP contribution is -2.58. The molecule has 1 aromatic rings. The topological polar surface area (TPSA) is 105 Å². The number of rotatable bonds is 4. The van der Waals surface area contributed by atoms with Crippen molar-refractivity contribution >= 4 is 11.9 Å². The minimum absolute atomic E-state index is 0.153. The average molecular weight is 249 g/mol. The largest absolute Gasteiger partial charge is 0.478 e. The Labute approximate surface area is 104 Å². The van der Waals surface area contributed by atoms with Gasteiger partial charge in [0.1, 0.15) is 0 Å². The SMILES string of the molecule is NC1(C(=O)NCc2cc(C(=O)O)ccn2)CCC1. The van der Waals surface area contributed by atoms with Gasteiger partial charge in [0.2, 0.25) is 5.91 Å². The lowest BCUT2D eigenvalue weighted by molar-refractivity contribution is -0.129. The van der Waals surface area contributed by atoms with E-state index in [1.54, 1.807) is 0 Å². The van der Waals surface area contributed by atoms with E-state index >= 15 is 0 Å². The van der Waals surface area contributed by atoms with Gasteiger partial charge in [0.25, 0.3) is 0 Å². The molecule has 96 valence electrons. The van der Waals surface area contributed by atoms with Crippen molar-refractivity contribution in [3.8, 4) is 0 Å². The molecule has 0 bridgehead atoms. The van der Waals surface area contributed by atoms with Crippen molar-refractivity contribution < 1.29 is 14.7 Å². The molecule has 1 heterocycles. The van der Waals surface area contributed by atoms with E-state index in [0.717, 1.165) is 6.42 Å². The zero-order valence-corrected chi connectivity index (χ0v) is 9.85. The van der Waals surface area contributed by atoms with Gasteiger partial charge in [0.15, 0.2) is 0 Å². The number of carboxylic acids is 1. The highest BCUT2D eigenvalue weighted by Gasteiger charge is 2.39. The summed E-state index contributed by atoms with van der Waals surface area (Å²) in [5.74, 6) is -1.21. The summed E-state index contributed by atoms with van der Waals surface area (Å²) in [5, 5.41) is 11.5. The minimum Gasteiger partial charge on any atom is -0.478 e. The number of amides is 1. The maximum absolute atomic E-state index is 11.8. The third-order valence-electron chi connectivity index (χ3n) is 3.19. The molecule has 1 amide bonds. The molecule has 1 fully saturated rings. The first-order valence-corrected chi connectivity index (χ1v) is 5.77. The molecule has 0 saturated heterocycles. The standard InChI is InChI=1S/C12H15N3O3/c13-12(3-1-4-12)11(18)15-7-9-6-8(10(16)17)2-5-14-9/h2,5-6H,1,3-4,7,13H2,(H,15,18)(H,16,17). The Kier molecular flexibility index (Phi) is 3.29. The zero-order valence-electron chi connectivity index (χ0n) is 9.85. The number of carbonyl (C=O) groups is 2. The summed E-state index contributed by atoms with van der Waals surface area (Å²) in [7, 11) is 0. The van der Waals surface area contributed by atoms with Crippen LogP contribution in [0.15, 0.2) is 18.3 Å². The first-order chi connectivity index (χ1) is 8.51. The summed E-state index contributed by atoms with van der Waals surface area (Å²) in [4.78, 5) is 26.5. The van der Waals surface area contributed by atoms with Crippen molar-refractivity contribution in [2.24, 2.45) is 5.73 Å². The molecule has 6 nitrogen and oxygen atoms in total. The molecule has 4 N–H and O–H groups in total. The van der Waals surface area contributed by atoms with E-state index < -0.39 is 11.5 Å². The van der Waals surface area contributed by atoms with E-state index in [-0.39, 0.29) is 18.0 Å². The van der Waals surface area contributed by atoms with Crippen molar-refractivity contribution in [2.45, 2.75) is 31.3 Å². The Bertz CT molecular complexity index is 483. The lowest BCUT2D eigenvalue weighted by Gasteiger charge is -2.36. The molecule has 2 rings (SSSR count). The van der Waals surface area contributed by atoms with Crippen molar-refractivity contribution in [2.75, 3.05) is 0 Å². The minimum atomic E-state index is -1.01. The molecule has 0 radical (unpaired) electrons.